The summed E-state index contributed by atoms with van der Waals surface area (Å²) in [5.41, 5.74) is 0. The van der Waals surface area contributed by atoms with Crippen LogP contribution in [0.4, 0.5) is 0 Å². The fraction of sp³-hybridized carbons (Fsp3) is 0.773. The van der Waals surface area contributed by atoms with Crippen molar-refractivity contribution in [2.45, 2.75) is 316 Å². The lowest BCUT2D eigenvalue weighted by molar-refractivity contribution is -0.167. The Balaban J connectivity index is 4.11. The van der Waals surface area contributed by atoms with E-state index in [1.807, 2.05) is 0 Å². The second-order valence-electron chi connectivity index (χ2n) is 20.6. The van der Waals surface area contributed by atoms with E-state index in [0.29, 0.717) is 19.3 Å². The smallest absolute Gasteiger partial charge is 0.306 e. The van der Waals surface area contributed by atoms with Crippen molar-refractivity contribution in [2.24, 2.45) is 0 Å². The molecule has 0 heterocycles. The highest BCUT2D eigenvalue weighted by Crippen LogP contribution is 2.16. The molecule has 0 N–H and O–H groups in total. The third-order valence-corrected chi connectivity index (χ3v) is 13.4. The van der Waals surface area contributed by atoms with E-state index in [-0.39, 0.29) is 31.1 Å². The predicted octanol–water partition coefficient (Wildman–Crippen LogP) is 20.9. The van der Waals surface area contributed by atoms with Crippen molar-refractivity contribution in [1.82, 2.24) is 0 Å². The van der Waals surface area contributed by atoms with E-state index in [1.165, 1.54) is 173 Å². The SMILES string of the molecule is CC/C=C\C/C=C\C/C=C\C/C=C\C/C=C\CCCCCCCCCC(=O)OC(COC(=O)CCCCCCCC)COC(=O)CCCCCCCCCCCCCCC/C=C\CCCCCCCCCC. The maximum absolute atomic E-state index is 12.8. The molecule has 0 bridgehead atoms. The fourth-order valence-corrected chi connectivity index (χ4v) is 8.82. The Bertz CT molecular complexity index is 1340. The molecule has 0 aromatic carbocycles. The van der Waals surface area contributed by atoms with Crippen molar-refractivity contribution >= 4 is 17.9 Å². The lowest BCUT2D eigenvalue weighted by Gasteiger charge is -2.18. The van der Waals surface area contributed by atoms with E-state index < -0.39 is 6.10 Å². The Morgan fingerprint density at radius 3 is 0.861 bits per heavy atom. The lowest BCUT2D eigenvalue weighted by Crippen LogP contribution is -2.30. The average molecular weight is 1010 g/mol. The number of allylic oxidation sites excluding steroid dienone is 12. The van der Waals surface area contributed by atoms with E-state index in [4.69, 9.17) is 14.2 Å². The van der Waals surface area contributed by atoms with Crippen molar-refractivity contribution in [1.29, 1.82) is 0 Å². The minimum absolute atomic E-state index is 0.0781. The molecule has 0 amide bonds. The molecule has 1 atom stereocenters. The monoisotopic (exact) mass is 1000 g/mol. The van der Waals surface area contributed by atoms with Gasteiger partial charge in [0.15, 0.2) is 6.10 Å². The molecule has 0 saturated heterocycles. The Labute approximate surface area is 446 Å². The normalized spacial score (nSPS) is 12.5. The first-order valence-corrected chi connectivity index (χ1v) is 30.9. The summed E-state index contributed by atoms with van der Waals surface area (Å²) in [6.45, 7) is 6.49. The molecule has 0 aliphatic carbocycles. The zero-order valence-electron chi connectivity index (χ0n) is 47.7. The predicted molar refractivity (Wildman–Crippen MR) is 311 cm³/mol. The Morgan fingerprint density at radius 2 is 0.542 bits per heavy atom. The molecule has 0 rings (SSSR count). The molecule has 0 fully saturated rings. The molecule has 0 aromatic heterocycles. The number of unbranched alkanes of at least 4 members (excludes halogenated alkanes) is 33. The second kappa shape index (κ2) is 60.4. The van der Waals surface area contributed by atoms with E-state index in [9.17, 15) is 14.4 Å². The van der Waals surface area contributed by atoms with Gasteiger partial charge in [-0.25, -0.2) is 0 Å². The minimum atomic E-state index is -0.778. The summed E-state index contributed by atoms with van der Waals surface area (Å²) in [6.07, 6.45) is 78.0. The Hall–Kier alpha value is -3.15. The van der Waals surface area contributed by atoms with Gasteiger partial charge in [0.25, 0.3) is 0 Å². The molecule has 0 aliphatic rings. The van der Waals surface area contributed by atoms with Crippen molar-refractivity contribution in [3.8, 4) is 0 Å². The Morgan fingerprint density at radius 1 is 0.292 bits per heavy atom. The first-order chi connectivity index (χ1) is 35.5. The molecule has 1 unspecified atom stereocenters. The highest BCUT2D eigenvalue weighted by atomic mass is 16.6. The molecule has 416 valence electrons. The zero-order chi connectivity index (χ0) is 52.2. The highest BCUT2D eigenvalue weighted by molar-refractivity contribution is 5.71. The number of carbonyl (C=O) groups excluding carboxylic acids is 3. The van der Waals surface area contributed by atoms with Gasteiger partial charge in [-0.3, -0.25) is 14.4 Å². The molecule has 0 aliphatic heterocycles. The fourth-order valence-electron chi connectivity index (χ4n) is 8.82. The molecule has 0 aromatic rings. The van der Waals surface area contributed by atoms with Crippen LogP contribution in [0.1, 0.15) is 310 Å². The van der Waals surface area contributed by atoms with Crippen molar-refractivity contribution in [3.05, 3.63) is 72.9 Å². The molecule has 6 nitrogen and oxygen atoms in total. The number of ether oxygens (including phenoxy) is 3. The maximum atomic E-state index is 12.8. The molecule has 72 heavy (non-hydrogen) atoms. The highest BCUT2D eigenvalue weighted by Gasteiger charge is 2.19. The summed E-state index contributed by atoms with van der Waals surface area (Å²) in [5.74, 6) is -0.889. The van der Waals surface area contributed by atoms with Crippen LogP contribution in [0.25, 0.3) is 0 Å². The first-order valence-electron chi connectivity index (χ1n) is 30.9. The van der Waals surface area contributed by atoms with Crippen LogP contribution in [0, 0.1) is 0 Å². The summed E-state index contributed by atoms with van der Waals surface area (Å²) >= 11 is 0. The van der Waals surface area contributed by atoms with Gasteiger partial charge in [0, 0.05) is 19.3 Å². The second-order valence-corrected chi connectivity index (χ2v) is 20.6. The van der Waals surface area contributed by atoms with E-state index in [2.05, 4.69) is 93.7 Å². The summed E-state index contributed by atoms with van der Waals surface area (Å²) in [5, 5.41) is 0. The number of carbonyl (C=O) groups is 3. The lowest BCUT2D eigenvalue weighted by atomic mass is 10.0. The first kappa shape index (κ1) is 68.8. The molecule has 0 spiro atoms. The van der Waals surface area contributed by atoms with E-state index in [1.54, 1.807) is 0 Å². The maximum Gasteiger partial charge on any atom is 0.306 e. The number of esters is 3. The van der Waals surface area contributed by atoms with E-state index >= 15 is 0 Å². The van der Waals surface area contributed by atoms with Gasteiger partial charge in [0.2, 0.25) is 0 Å². The van der Waals surface area contributed by atoms with Crippen LogP contribution in [-0.4, -0.2) is 37.2 Å². The minimum Gasteiger partial charge on any atom is -0.462 e. The van der Waals surface area contributed by atoms with Crippen molar-refractivity contribution in [3.63, 3.8) is 0 Å². The number of rotatable bonds is 56. The summed E-state index contributed by atoms with van der Waals surface area (Å²) < 4.78 is 16.8. The summed E-state index contributed by atoms with van der Waals surface area (Å²) in [6, 6.07) is 0. The van der Waals surface area contributed by atoms with Gasteiger partial charge >= 0.3 is 17.9 Å². The van der Waals surface area contributed by atoms with Crippen LogP contribution in [0.3, 0.4) is 0 Å². The van der Waals surface area contributed by atoms with Crippen LogP contribution >= 0.6 is 0 Å². The molecular formula is C66H116O6. The number of hydrogen-bond acceptors (Lipinski definition) is 6. The number of hydrogen-bond donors (Lipinski definition) is 0. The third kappa shape index (κ3) is 57.7. The van der Waals surface area contributed by atoms with Crippen LogP contribution in [0.5, 0.6) is 0 Å². The largest absolute Gasteiger partial charge is 0.462 e. The summed E-state index contributed by atoms with van der Waals surface area (Å²) in [4.78, 5) is 38.0. The standard InChI is InChI=1S/C66H116O6/c1-4-7-10-13-16-18-20-22-24-26-28-30-32-33-35-36-38-40-42-44-46-48-50-53-56-59-65(68)71-62-63(61-70-64(67)58-55-52-15-12-9-6-3)72-66(69)60-57-54-51-49-47-45-43-41-39-37-34-31-29-27-25-23-21-19-17-14-11-8-5-2/h8,11,17,19,23,25-26,28-29,31,37,39,63H,4-7,9-10,12-16,18,20-22,24,27,30,32-36,38,40-62H2,1-3H3/b11-8-,19-17-,25-23-,28-26-,31-29-,39-37-. The van der Waals surface area contributed by atoms with Gasteiger partial charge in [0.1, 0.15) is 13.2 Å². The third-order valence-electron chi connectivity index (χ3n) is 13.4. The topological polar surface area (TPSA) is 78.9 Å². The average Bonchev–Trinajstić information content (AvgIpc) is 3.38. The Kier molecular flexibility index (Phi) is 57.8. The van der Waals surface area contributed by atoms with Gasteiger partial charge in [0.05, 0.1) is 0 Å². The molecule has 0 saturated carbocycles. The van der Waals surface area contributed by atoms with Crippen molar-refractivity contribution < 1.29 is 28.6 Å². The van der Waals surface area contributed by atoms with Gasteiger partial charge in [-0.2, -0.15) is 0 Å². The van der Waals surface area contributed by atoms with Crippen molar-refractivity contribution in [2.75, 3.05) is 13.2 Å². The van der Waals surface area contributed by atoms with Crippen LogP contribution in [0.15, 0.2) is 72.9 Å². The van der Waals surface area contributed by atoms with Crippen LogP contribution in [0.2, 0.25) is 0 Å². The molecular weight excluding hydrogens is 889 g/mol. The van der Waals surface area contributed by atoms with Gasteiger partial charge in [-0.1, -0.05) is 273 Å². The van der Waals surface area contributed by atoms with Crippen LogP contribution < -0.4 is 0 Å². The van der Waals surface area contributed by atoms with Gasteiger partial charge in [-0.05, 0) is 89.9 Å². The van der Waals surface area contributed by atoms with Gasteiger partial charge < -0.3 is 14.2 Å². The van der Waals surface area contributed by atoms with E-state index in [0.717, 1.165) is 96.3 Å². The van der Waals surface area contributed by atoms with Gasteiger partial charge in [-0.15, -0.1) is 0 Å². The molecule has 0 radical (unpaired) electrons. The van der Waals surface area contributed by atoms with Crippen LogP contribution in [-0.2, 0) is 28.6 Å². The quantitative estimate of drug-likeness (QED) is 0.0261. The molecule has 6 heteroatoms. The zero-order valence-corrected chi connectivity index (χ0v) is 47.7. The summed E-state index contributed by atoms with van der Waals surface area (Å²) in [7, 11) is 0.